The molecule has 6 nitrogen and oxygen atoms in total. The molecule has 1 aromatic carbocycles. The molecule has 0 unspecified atom stereocenters. The smallest absolute Gasteiger partial charge is 0.340 e. The third kappa shape index (κ3) is 4.11. The van der Waals surface area contributed by atoms with E-state index in [4.69, 9.17) is 13.9 Å². The van der Waals surface area contributed by atoms with E-state index in [9.17, 15) is 9.59 Å². The number of carbonyl (C=O) groups is 2. The van der Waals surface area contributed by atoms with Crippen molar-refractivity contribution in [1.82, 2.24) is 4.57 Å². The number of furan rings is 1. The number of hydrogen-bond donors (Lipinski definition) is 0. The summed E-state index contributed by atoms with van der Waals surface area (Å²) in [4.78, 5) is 24.7. The quantitative estimate of drug-likeness (QED) is 0.469. The van der Waals surface area contributed by atoms with Gasteiger partial charge in [-0.15, -0.1) is 0 Å². The van der Waals surface area contributed by atoms with Crippen molar-refractivity contribution >= 4 is 11.8 Å². The number of benzene rings is 1. The number of ether oxygens (including phenoxy) is 2. The topological polar surface area (TPSA) is 70.7 Å². The molecule has 140 valence electrons. The summed E-state index contributed by atoms with van der Waals surface area (Å²) >= 11 is 0. The molecule has 0 fully saturated rings. The predicted octanol–water partition coefficient (Wildman–Crippen LogP) is 3.79. The van der Waals surface area contributed by atoms with Crippen molar-refractivity contribution in [3.63, 3.8) is 0 Å². The summed E-state index contributed by atoms with van der Waals surface area (Å²) in [6, 6.07) is 12.2. The molecule has 0 bridgehead atoms. The maximum Gasteiger partial charge on any atom is 0.340 e. The Morgan fingerprint density at radius 3 is 2.63 bits per heavy atom. The Labute approximate surface area is 157 Å². The van der Waals surface area contributed by atoms with Crippen LogP contribution in [-0.2, 0) is 11.3 Å². The Balaban J connectivity index is 1.68. The van der Waals surface area contributed by atoms with Gasteiger partial charge in [0.2, 0.25) is 0 Å². The summed E-state index contributed by atoms with van der Waals surface area (Å²) in [5, 5.41) is 0. The molecule has 0 saturated carbocycles. The Bertz CT molecular complexity index is 953. The monoisotopic (exact) mass is 367 g/mol. The third-order valence-corrected chi connectivity index (χ3v) is 4.41. The molecule has 0 aliphatic heterocycles. The van der Waals surface area contributed by atoms with E-state index in [0.717, 1.165) is 17.1 Å². The van der Waals surface area contributed by atoms with Gasteiger partial charge in [0.25, 0.3) is 0 Å². The lowest BCUT2D eigenvalue weighted by Gasteiger charge is -2.08. The van der Waals surface area contributed by atoms with Gasteiger partial charge in [-0.1, -0.05) is 12.1 Å². The Kier molecular flexibility index (Phi) is 5.45. The molecule has 0 radical (unpaired) electrons. The van der Waals surface area contributed by atoms with Crippen LogP contribution >= 0.6 is 0 Å². The average Bonchev–Trinajstić information content (AvgIpc) is 3.29. The van der Waals surface area contributed by atoms with Crippen LogP contribution in [0.3, 0.4) is 0 Å². The number of esters is 1. The molecule has 0 amide bonds. The van der Waals surface area contributed by atoms with Gasteiger partial charge < -0.3 is 18.5 Å². The molecule has 6 heteroatoms. The maximum atomic E-state index is 12.5. The van der Waals surface area contributed by atoms with E-state index < -0.39 is 5.97 Å². The van der Waals surface area contributed by atoms with E-state index in [2.05, 4.69) is 0 Å². The van der Waals surface area contributed by atoms with Crippen LogP contribution in [0.1, 0.15) is 37.9 Å². The van der Waals surface area contributed by atoms with Crippen LogP contribution in [0.15, 0.2) is 53.1 Å². The summed E-state index contributed by atoms with van der Waals surface area (Å²) in [6.07, 6.45) is 1.61. The van der Waals surface area contributed by atoms with Crippen LogP contribution in [0.4, 0.5) is 0 Å². The zero-order valence-electron chi connectivity index (χ0n) is 15.5. The molecule has 0 atom stereocenters. The molecular weight excluding hydrogens is 346 g/mol. The zero-order valence-corrected chi connectivity index (χ0v) is 15.5. The molecule has 0 N–H and O–H groups in total. The number of Topliss-reactive ketones (excluding diaryl/α,β-unsaturated/α-hetero) is 1. The highest BCUT2D eigenvalue weighted by molar-refractivity contribution is 5.99. The number of methoxy groups -OCH3 is 1. The SMILES string of the molecule is COc1cccc(C(=O)COC(=O)c2cc(C)n(Cc3ccco3)c2C)c1. The van der Waals surface area contributed by atoms with Gasteiger partial charge in [-0.05, 0) is 44.2 Å². The minimum absolute atomic E-state index is 0.286. The molecule has 0 spiro atoms. The van der Waals surface area contributed by atoms with Crippen molar-refractivity contribution in [2.45, 2.75) is 20.4 Å². The number of rotatable bonds is 7. The highest BCUT2D eigenvalue weighted by atomic mass is 16.5. The highest BCUT2D eigenvalue weighted by Gasteiger charge is 2.19. The van der Waals surface area contributed by atoms with Crippen molar-refractivity contribution < 1.29 is 23.5 Å². The van der Waals surface area contributed by atoms with E-state index in [-0.39, 0.29) is 12.4 Å². The average molecular weight is 367 g/mol. The number of aryl methyl sites for hydroxylation is 1. The molecule has 2 aromatic heterocycles. The number of hydrogen-bond acceptors (Lipinski definition) is 5. The van der Waals surface area contributed by atoms with Crippen molar-refractivity contribution in [3.05, 3.63) is 77.0 Å². The highest BCUT2D eigenvalue weighted by Crippen LogP contribution is 2.19. The zero-order chi connectivity index (χ0) is 19.4. The molecular formula is C21H21NO5. The first-order valence-corrected chi connectivity index (χ1v) is 8.53. The number of aromatic nitrogens is 1. The van der Waals surface area contributed by atoms with Gasteiger partial charge in [0.05, 0.1) is 25.5 Å². The van der Waals surface area contributed by atoms with Gasteiger partial charge >= 0.3 is 5.97 Å². The normalized spacial score (nSPS) is 10.6. The summed E-state index contributed by atoms with van der Waals surface area (Å²) in [5.41, 5.74) is 2.56. The maximum absolute atomic E-state index is 12.5. The van der Waals surface area contributed by atoms with Gasteiger partial charge in [0.15, 0.2) is 12.4 Å². The molecule has 27 heavy (non-hydrogen) atoms. The van der Waals surface area contributed by atoms with Crippen molar-refractivity contribution in [2.24, 2.45) is 0 Å². The third-order valence-electron chi connectivity index (χ3n) is 4.41. The van der Waals surface area contributed by atoms with Gasteiger partial charge in [-0.3, -0.25) is 4.79 Å². The van der Waals surface area contributed by atoms with Crippen LogP contribution < -0.4 is 4.74 Å². The van der Waals surface area contributed by atoms with Crippen LogP contribution in [0.2, 0.25) is 0 Å². The fourth-order valence-electron chi connectivity index (χ4n) is 2.90. The summed E-state index contributed by atoms with van der Waals surface area (Å²) < 4.78 is 17.7. The Morgan fingerprint density at radius 1 is 1.11 bits per heavy atom. The summed E-state index contributed by atoms with van der Waals surface area (Å²) in [6.45, 7) is 3.96. The fraction of sp³-hybridized carbons (Fsp3) is 0.238. The molecule has 3 rings (SSSR count). The summed E-state index contributed by atoms with van der Waals surface area (Å²) in [7, 11) is 1.53. The van der Waals surface area contributed by atoms with E-state index in [1.807, 2.05) is 30.5 Å². The van der Waals surface area contributed by atoms with Gasteiger partial charge in [-0.25, -0.2) is 4.79 Å². The van der Waals surface area contributed by atoms with Crippen LogP contribution in [-0.4, -0.2) is 30.0 Å². The first-order valence-electron chi connectivity index (χ1n) is 8.53. The second-order valence-electron chi connectivity index (χ2n) is 6.18. The number of carbonyl (C=O) groups excluding carboxylic acids is 2. The van der Waals surface area contributed by atoms with Crippen LogP contribution in [0.25, 0.3) is 0 Å². The van der Waals surface area contributed by atoms with Crippen molar-refractivity contribution in [2.75, 3.05) is 13.7 Å². The minimum atomic E-state index is -0.523. The Morgan fingerprint density at radius 2 is 1.93 bits per heavy atom. The molecule has 0 saturated heterocycles. The van der Waals surface area contributed by atoms with Gasteiger partial charge in [0.1, 0.15) is 11.5 Å². The van der Waals surface area contributed by atoms with Crippen LogP contribution in [0.5, 0.6) is 5.75 Å². The second-order valence-corrected chi connectivity index (χ2v) is 6.18. The molecule has 3 aromatic rings. The Hall–Kier alpha value is -3.28. The largest absolute Gasteiger partial charge is 0.497 e. The van der Waals surface area contributed by atoms with E-state index >= 15 is 0 Å². The number of nitrogens with zero attached hydrogens (tertiary/aromatic N) is 1. The lowest BCUT2D eigenvalue weighted by atomic mass is 10.1. The van der Waals surface area contributed by atoms with E-state index in [0.29, 0.717) is 23.4 Å². The summed E-state index contributed by atoms with van der Waals surface area (Å²) in [5.74, 6) is 0.565. The second kappa shape index (κ2) is 7.95. The molecule has 0 aliphatic rings. The van der Waals surface area contributed by atoms with Gasteiger partial charge in [0, 0.05) is 17.0 Å². The predicted molar refractivity (Wildman–Crippen MR) is 99.3 cm³/mol. The van der Waals surface area contributed by atoms with E-state index in [1.54, 1.807) is 36.6 Å². The first-order chi connectivity index (χ1) is 13.0. The minimum Gasteiger partial charge on any atom is -0.497 e. The molecule has 2 heterocycles. The fourth-order valence-corrected chi connectivity index (χ4v) is 2.90. The molecule has 0 aliphatic carbocycles. The van der Waals surface area contributed by atoms with Crippen LogP contribution in [0, 0.1) is 13.8 Å². The lowest BCUT2D eigenvalue weighted by molar-refractivity contribution is 0.0474. The number of ketones is 1. The van der Waals surface area contributed by atoms with E-state index in [1.165, 1.54) is 7.11 Å². The van der Waals surface area contributed by atoms with Gasteiger partial charge in [-0.2, -0.15) is 0 Å². The standard InChI is InChI=1S/C21H21NO5/c1-14-10-19(15(2)22(14)12-18-8-5-9-26-18)21(24)27-13-20(23)16-6-4-7-17(11-16)25-3/h4-11H,12-13H2,1-3H3. The van der Waals surface area contributed by atoms with Crippen molar-refractivity contribution in [1.29, 1.82) is 0 Å². The van der Waals surface area contributed by atoms with Crippen molar-refractivity contribution in [3.8, 4) is 5.75 Å². The first kappa shape index (κ1) is 18.5. The lowest BCUT2D eigenvalue weighted by Crippen LogP contribution is -2.15.